The Morgan fingerprint density at radius 2 is 0.632 bits per heavy atom. The Labute approximate surface area is 220 Å². The second kappa shape index (κ2) is 10.6. The van der Waals surface area contributed by atoms with Gasteiger partial charge < -0.3 is 0 Å². The molecule has 0 aliphatic rings. The molecule has 0 fully saturated rings. The fraction of sp³-hybridized carbons (Fsp3) is 0. The van der Waals surface area contributed by atoms with Crippen molar-refractivity contribution in [2.75, 3.05) is 0 Å². The average molecular weight is 489 g/mol. The molecule has 0 atom stereocenters. The topological polar surface area (TPSA) is 77.3 Å². The lowest BCUT2D eigenvalue weighted by Crippen LogP contribution is -1.95. The van der Waals surface area contributed by atoms with E-state index in [4.69, 9.17) is 9.97 Å². The van der Waals surface area contributed by atoms with Crippen molar-refractivity contribution in [3.05, 3.63) is 133 Å². The number of hydrogen-bond donors (Lipinski definition) is 0. The predicted octanol–water partition coefficient (Wildman–Crippen LogP) is 6.12. The van der Waals surface area contributed by atoms with Crippen molar-refractivity contribution in [1.82, 2.24) is 29.9 Å². The maximum Gasteiger partial charge on any atom is 0.0906 e. The highest BCUT2D eigenvalue weighted by atomic mass is 14.8. The van der Waals surface area contributed by atoms with Gasteiger partial charge in [-0.05, 0) is 72.8 Å². The van der Waals surface area contributed by atoms with Crippen molar-refractivity contribution in [1.29, 1.82) is 0 Å². The van der Waals surface area contributed by atoms with Gasteiger partial charge in [0, 0.05) is 35.9 Å². The minimum absolute atomic E-state index is 0.733. The van der Waals surface area contributed by atoms with E-state index >= 15 is 0 Å². The summed E-state index contributed by atoms with van der Waals surface area (Å²) in [5, 5.41) is 0. The van der Waals surface area contributed by atoms with Crippen molar-refractivity contribution >= 4 is 0 Å². The van der Waals surface area contributed by atoms with Gasteiger partial charge in [0.25, 0.3) is 0 Å². The molecule has 0 saturated heterocycles. The molecular weight excluding hydrogens is 468 g/mol. The molecule has 0 spiro atoms. The molecule has 6 heterocycles. The fourth-order valence-electron chi connectivity index (χ4n) is 3.93. The van der Waals surface area contributed by atoms with Crippen molar-refractivity contribution in [3.63, 3.8) is 0 Å². The summed E-state index contributed by atoms with van der Waals surface area (Å²) >= 11 is 0. The highest BCUT2D eigenvalue weighted by Gasteiger charge is 2.10. The summed E-state index contributed by atoms with van der Waals surface area (Å²) in [5.74, 6) is 6.65. The molecular formula is C32H20N6. The summed E-state index contributed by atoms with van der Waals surface area (Å²) < 4.78 is 0. The first-order valence-electron chi connectivity index (χ1n) is 12.0. The van der Waals surface area contributed by atoms with E-state index in [2.05, 4.69) is 31.8 Å². The molecule has 0 amide bonds. The van der Waals surface area contributed by atoms with Crippen LogP contribution in [0, 0.1) is 11.8 Å². The average Bonchev–Trinajstić information content (AvgIpc) is 3.01. The van der Waals surface area contributed by atoms with Crippen LogP contribution in [0.4, 0.5) is 0 Å². The standard InChI is InChI=1S/C32H20N6/c1-5-15-33-25(9-1)29-19-23(20-30(37-29)26-10-2-6-16-34-26)13-14-24-21-31(27-11-3-7-17-35-27)38-32(22-24)28-12-4-8-18-36-28/h1-12,15-22H. The lowest BCUT2D eigenvalue weighted by Gasteiger charge is -2.07. The van der Waals surface area contributed by atoms with Gasteiger partial charge in [0.15, 0.2) is 0 Å². The first-order chi connectivity index (χ1) is 18.8. The number of nitrogens with zero attached hydrogens (tertiary/aromatic N) is 6. The second-order valence-electron chi connectivity index (χ2n) is 8.36. The van der Waals surface area contributed by atoms with E-state index in [9.17, 15) is 0 Å². The Morgan fingerprint density at radius 1 is 0.342 bits per heavy atom. The predicted molar refractivity (Wildman–Crippen MR) is 147 cm³/mol. The van der Waals surface area contributed by atoms with Gasteiger partial charge >= 0.3 is 0 Å². The van der Waals surface area contributed by atoms with E-state index in [1.165, 1.54) is 0 Å². The normalized spacial score (nSPS) is 10.4. The van der Waals surface area contributed by atoms with Crippen LogP contribution >= 0.6 is 0 Å². The maximum absolute atomic E-state index is 4.82. The molecule has 6 aromatic heterocycles. The lowest BCUT2D eigenvalue weighted by atomic mass is 10.1. The van der Waals surface area contributed by atoms with Crippen molar-refractivity contribution < 1.29 is 0 Å². The molecule has 0 saturated carbocycles. The van der Waals surface area contributed by atoms with Crippen molar-refractivity contribution in [3.8, 4) is 57.4 Å². The summed E-state index contributed by atoms with van der Waals surface area (Å²) in [6, 6.07) is 30.8. The third kappa shape index (κ3) is 5.18. The fourth-order valence-corrected chi connectivity index (χ4v) is 3.93. The van der Waals surface area contributed by atoms with Gasteiger partial charge in [-0.1, -0.05) is 36.1 Å². The van der Waals surface area contributed by atoms with Crippen LogP contribution < -0.4 is 0 Å². The van der Waals surface area contributed by atoms with Crippen LogP contribution in [0.2, 0.25) is 0 Å². The van der Waals surface area contributed by atoms with Crippen LogP contribution in [0.15, 0.2) is 122 Å². The van der Waals surface area contributed by atoms with E-state index in [1.54, 1.807) is 24.8 Å². The Morgan fingerprint density at radius 3 is 0.868 bits per heavy atom. The summed E-state index contributed by atoms with van der Waals surface area (Å²) in [6.45, 7) is 0. The van der Waals surface area contributed by atoms with Gasteiger partial charge in [-0.25, -0.2) is 9.97 Å². The largest absolute Gasteiger partial charge is 0.255 e. The van der Waals surface area contributed by atoms with Gasteiger partial charge in [-0.3, -0.25) is 19.9 Å². The molecule has 6 rings (SSSR count). The molecule has 178 valence electrons. The zero-order chi connectivity index (χ0) is 25.6. The first-order valence-corrected chi connectivity index (χ1v) is 12.0. The number of hydrogen-bond acceptors (Lipinski definition) is 6. The van der Waals surface area contributed by atoms with Crippen molar-refractivity contribution in [2.45, 2.75) is 0 Å². The minimum atomic E-state index is 0.733. The van der Waals surface area contributed by atoms with Gasteiger partial charge in [-0.15, -0.1) is 0 Å². The summed E-state index contributed by atoms with van der Waals surface area (Å²) in [6.07, 6.45) is 7.02. The quantitative estimate of drug-likeness (QED) is 0.278. The SMILES string of the molecule is C(#Cc1cc(-c2ccccn2)nc(-c2ccccn2)c1)c1cc(-c2ccccn2)nc(-c2ccccn2)c1. The molecule has 38 heavy (non-hydrogen) atoms. The third-order valence-electron chi connectivity index (χ3n) is 5.71. The zero-order valence-electron chi connectivity index (χ0n) is 20.2. The molecule has 0 unspecified atom stereocenters. The molecule has 0 N–H and O–H groups in total. The summed E-state index contributed by atoms with van der Waals surface area (Å²) in [4.78, 5) is 27.6. The smallest absolute Gasteiger partial charge is 0.0906 e. The van der Waals surface area contributed by atoms with Gasteiger partial charge in [0.05, 0.1) is 45.6 Å². The Hall–Kier alpha value is -5.54. The second-order valence-corrected chi connectivity index (χ2v) is 8.36. The van der Waals surface area contributed by atoms with Crippen LogP contribution in [-0.4, -0.2) is 29.9 Å². The minimum Gasteiger partial charge on any atom is -0.255 e. The Bertz CT molecular complexity index is 1500. The molecule has 0 aromatic carbocycles. The molecule has 6 heteroatoms. The summed E-state index contributed by atoms with van der Waals surface area (Å²) in [7, 11) is 0. The van der Waals surface area contributed by atoms with Crippen molar-refractivity contribution in [2.24, 2.45) is 0 Å². The van der Waals surface area contributed by atoms with E-state index < -0.39 is 0 Å². The lowest BCUT2D eigenvalue weighted by molar-refractivity contribution is 1.21. The molecule has 0 aliphatic heterocycles. The first kappa shape index (κ1) is 22.9. The van der Waals surface area contributed by atoms with Crippen LogP contribution in [0.5, 0.6) is 0 Å². The molecule has 0 aliphatic carbocycles. The number of pyridine rings is 6. The van der Waals surface area contributed by atoms with E-state index in [-0.39, 0.29) is 0 Å². The van der Waals surface area contributed by atoms with Crippen LogP contribution in [0.3, 0.4) is 0 Å². The molecule has 6 aromatic rings. The van der Waals surface area contributed by atoms with Crippen LogP contribution in [0.25, 0.3) is 45.6 Å². The molecule has 0 radical (unpaired) electrons. The van der Waals surface area contributed by atoms with E-state index in [1.807, 2.05) is 97.1 Å². The number of rotatable bonds is 4. The van der Waals surface area contributed by atoms with Crippen LogP contribution in [-0.2, 0) is 0 Å². The molecule has 0 bridgehead atoms. The Balaban J connectivity index is 1.47. The van der Waals surface area contributed by atoms with Gasteiger partial charge in [-0.2, -0.15) is 0 Å². The maximum atomic E-state index is 4.82. The number of aromatic nitrogens is 6. The highest BCUT2D eigenvalue weighted by molar-refractivity contribution is 5.68. The van der Waals surface area contributed by atoms with Gasteiger partial charge in [0.2, 0.25) is 0 Å². The Kier molecular flexibility index (Phi) is 6.39. The van der Waals surface area contributed by atoms with E-state index in [0.29, 0.717) is 0 Å². The third-order valence-corrected chi connectivity index (χ3v) is 5.71. The highest BCUT2D eigenvalue weighted by Crippen LogP contribution is 2.24. The van der Waals surface area contributed by atoms with Gasteiger partial charge in [0.1, 0.15) is 0 Å². The van der Waals surface area contributed by atoms with E-state index in [0.717, 1.165) is 56.7 Å². The summed E-state index contributed by atoms with van der Waals surface area (Å²) in [5.41, 5.74) is 7.62. The van der Waals surface area contributed by atoms with Crippen LogP contribution in [0.1, 0.15) is 11.1 Å². The zero-order valence-corrected chi connectivity index (χ0v) is 20.2. The monoisotopic (exact) mass is 488 g/mol. The molecule has 6 nitrogen and oxygen atoms in total.